The maximum Gasteiger partial charge on any atom is 0.214 e. The highest BCUT2D eigenvalue weighted by molar-refractivity contribution is 5.80. The molecule has 0 amide bonds. The van der Waals surface area contributed by atoms with Crippen molar-refractivity contribution in [3.8, 4) is 5.88 Å². The third kappa shape index (κ3) is 4.65. The molecule has 0 saturated carbocycles. The van der Waals surface area contributed by atoms with Gasteiger partial charge in [0.15, 0.2) is 0 Å². The molecule has 5 rings (SSSR count). The van der Waals surface area contributed by atoms with Crippen LogP contribution in [0.2, 0.25) is 0 Å². The Kier molecular flexibility index (Phi) is 6.27. The van der Waals surface area contributed by atoms with E-state index in [0.29, 0.717) is 11.4 Å². The smallest absolute Gasteiger partial charge is 0.214 e. The van der Waals surface area contributed by atoms with Gasteiger partial charge >= 0.3 is 0 Å². The largest absolute Gasteiger partial charge is 0.473 e. The van der Waals surface area contributed by atoms with Gasteiger partial charge in [-0.1, -0.05) is 30.3 Å². The van der Waals surface area contributed by atoms with Crippen molar-refractivity contribution >= 4 is 22.3 Å². The summed E-state index contributed by atoms with van der Waals surface area (Å²) < 4.78 is 21.8. The van der Waals surface area contributed by atoms with E-state index in [-0.39, 0.29) is 12.4 Å². The number of halogens is 1. The van der Waals surface area contributed by atoms with Gasteiger partial charge in [-0.2, -0.15) is 0 Å². The predicted molar refractivity (Wildman–Crippen MR) is 133 cm³/mol. The molecule has 0 atom stereocenters. The summed E-state index contributed by atoms with van der Waals surface area (Å²) in [5, 5.41) is 3.17. The molecule has 0 bridgehead atoms. The highest BCUT2D eigenvalue weighted by Gasteiger charge is 2.17. The number of fused-ring (bicyclic) bond motifs is 1. The van der Waals surface area contributed by atoms with E-state index < -0.39 is 0 Å². The Morgan fingerprint density at radius 1 is 1.06 bits per heavy atom. The van der Waals surface area contributed by atoms with Crippen molar-refractivity contribution in [2.24, 2.45) is 7.05 Å². The minimum Gasteiger partial charge on any atom is -0.473 e. The van der Waals surface area contributed by atoms with Gasteiger partial charge in [-0.05, 0) is 42.3 Å². The second kappa shape index (κ2) is 9.65. The third-order valence-electron chi connectivity index (χ3n) is 6.31. The van der Waals surface area contributed by atoms with Gasteiger partial charge in [0.1, 0.15) is 18.2 Å². The summed E-state index contributed by atoms with van der Waals surface area (Å²) in [6, 6.07) is 18.7. The van der Waals surface area contributed by atoms with Gasteiger partial charge in [-0.25, -0.2) is 14.4 Å². The Bertz CT molecular complexity index is 1350. The molecular formula is C27H28FN5O. The molecule has 4 aromatic rings. The number of aryl methyl sites for hydroxylation is 1. The van der Waals surface area contributed by atoms with Crippen molar-refractivity contribution < 1.29 is 9.13 Å². The average molecular weight is 458 g/mol. The zero-order valence-corrected chi connectivity index (χ0v) is 19.5. The summed E-state index contributed by atoms with van der Waals surface area (Å²) in [5.41, 5.74) is 5.85. The molecule has 7 heteroatoms. The molecule has 34 heavy (non-hydrogen) atoms. The lowest BCUT2D eigenvalue weighted by atomic mass is 10.0. The van der Waals surface area contributed by atoms with Gasteiger partial charge < -0.3 is 14.6 Å². The van der Waals surface area contributed by atoms with Crippen molar-refractivity contribution in [1.82, 2.24) is 19.4 Å². The first kappa shape index (κ1) is 22.1. The first-order valence-corrected chi connectivity index (χ1v) is 11.5. The molecule has 0 fully saturated rings. The van der Waals surface area contributed by atoms with Crippen LogP contribution in [0.3, 0.4) is 0 Å². The Hall–Kier alpha value is -3.71. The highest BCUT2D eigenvalue weighted by Crippen LogP contribution is 2.25. The lowest BCUT2D eigenvalue weighted by Crippen LogP contribution is -2.29. The molecule has 0 unspecified atom stereocenters. The highest BCUT2D eigenvalue weighted by atomic mass is 19.1. The summed E-state index contributed by atoms with van der Waals surface area (Å²) in [7, 11) is 3.99. The minimum absolute atomic E-state index is 0.157. The van der Waals surface area contributed by atoms with Crippen molar-refractivity contribution in [2.75, 3.05) is 25.5 Å². The summed E-state index contributed by atoms with van der Waals surface area (Å²) in [5.74, 6) is 1.29. The average Bonchev–Trinajstić information content (AvgIpc) is 3.18. The van der Waals surface area contributed by atoms with E-state index >= 15 is 0 Å². The van der Waals surface area contributed by atoms with Gasteiger partial charge in [-0.15, -0.1) is 0 Å². The van der Waals surface area contributed by atoms with Gasteiger partial charge in [0.2, 0.25) is 5.88 Å². The van der Waals surface area contributed by atoms with E-state index in [1.165, 1.54) is 11.6 Å². The van der Waals surface area contributed by atoms with Gasteiger partial charge in [0, 0.05) is 44.5 Å². The molecule has 1 aliphatic rings. The number of ether oxygens (including phenoxy) is 1. The number of imidazole rings is 1. The van der Waals surface area contributed by atoms with Crippen LogP contribution in [0.1, 0.15) is 23.5 Å². The molecule has 1 N–H and O–H groups in total. The molecule has 0 aliphatic carbocycles. The Balaban J connectivity index is 1.24. The molecule has 6 nitrogen and oxygen atoms in total. The van der Waals surface area contributed by atoms with Gasteiger partial charge in [-0.3, -0.25) is 4.90 Å². The van der Waals surface area contributed by atoms with E-state index in [2.05, 4.69) is 51.1 Å². The van der Waals surface area contributed by atoms with Gasteiger partial charge in [0.05, 0.1) is 23.3 Å². The maximum absolute atomic E-state index is 13.9. The molecule has 0 saturated heterocycles. The third-order valence-corrected chi connectivity index (χ3v) is 6.31. The van der Waals surface area contributed by atoms with Crippen LogP contribution in [0.4, 0.5) is 10.1 Å². The number of aromatic nitrogens is 3. The SMILES string of the molecule is CNc1ccc2c(c1)nc(CN1CC=C(c3cccc(OCc4ccccc4F)n3)CC1)n2C. The second-order valence-corrected chi connectivity index (χ2v) is 8.50. The number of nitrogens with zero attached hydrogens (tertiary/aromatic N) is 4. The lowest BCUT2D eigenvalue weighted by Gasteiger charge is -2.25. The Morgan fingerprint density at radius 3 is 2.74 bits per heavy atom. The van der Waals surface area contributed by atoms with Crippen molar-refractivity contribution in [3.63, 3.8) is 0 Å². The number of nitrogens with one attached hydrogen (secondary N) is 1. The summed E-state index contributed by atoms with van der Waals surface area (Å²) >= 11 is 0. The van der Waals surface area contributed by atoms with Crippen LogP contribution in [0.15, 0.2) is 66.7 Å². The number of pyridine rings is 1. The van der Waals surface area contributed by atoms with Crippen molar-refractivity contribution in [2.45, 2.75) is 19.6 Å². The van der Waals surface area contributed by atoms with Crippen LogP contribution >= 0.6 is 0 Å². The molecule has 3 heterocycles. The first-order valence-electron chi connectivity index (χ1n) is 11.5. The van der Waals surface area contributed by atoms with Gasteiger partial charge in [0.25, 0.3) is 0 Å². The number of hydrogen-bond donors (Lipinski definition) is 1. The zero-order chi connectivity index (χ0) is 23.5. The summed E-state index contributed by atoms with van der Waals surface area (Å²) in [4.78, 5) is 11.9. The van der Waals surface area contributed by atoms with E-state index in [1.54, 1.807) is 18.2 Å². The standard InChI is InChI=1S/C27H28FN5O/c1-29-21-10-11-25-24(16-21)30-26(32(25)2)17-33-14-12-19(13-15-33)23-8-5-9-27(31-23)34-18-20-6-3-4-7-22(20)28/h3-12,16,29H,13-15,17-18H2,1-2H3. The van der Waals surface area contributed by atoms with Crippen LogP contribution in [-0.4, -0.2) is 39.6 Å². The van der Waals surface area contributed by atoms with E-state index in [0.717, 1.165) is 54.3 Å². The van der Waals surface area contributed by atoms with Crippen molar-refractivity contribution in [3.05, 3.63) is 89.6 Å². The minimum atomic E-state index is -0.267. The van der Waals surface area contributed by atoms with E-state index in [4.69, 9.17) is 9.72 Å². The monoisotopic (exact) mass is 457 g/mol. The maximum atomic E-state index is 13.9. The number of rotatable bonds is 7. The molecule has 0 radical (unpaired) electrons. The lowest BCUT2D eigenvalue weighted by molar-refractivity contribution is 0.282. The fourth-order valence-corrected chi connectivity index (χ4v) is 4.28. The molecule has 1 aliphatic heterocycles. The Labute approximate surface area is 198 Å². The molecule has 2 aromatic carbocycles. The van der Waals surface area contributed by atoms with Crippen LogP contribution in [-0.2, 0) is 20.2 Å². The number of hydrogen-bond acceptors (Lipinski definition) is 5. The number of benzene rings is 2. The quantitative estimate of drug-likeness (QED) is 0.422. The fourth-order valence-electron chi connectivity index (χ4n) is 4.28. The molecule has 174 valence electrons. The van der Waals surface area contributed by atoms with Crippen molar-refractivity contribution in [1.29, 1.82) is 0 Å². The van der Waals surface area contributed by atoms with Crippen LogP contribution in [0.5, 0.6) is 5.88 Å². The first-order chi connectivity index (χ1) is 16.6. The van der Waals surface area contributed by atoms with E-state index in [9.17, 15) is 4.39 Å². The van der Waals surface area contributed by atoms with E-state index in [1.807, 2.05) is 25.2 Å². The summed E-state index contributed by atoms with van der Waals surface area (Å²) in [6.07, 6.45) is 3.13. The van der Waals surface area contributed by atoms with Crippen LogP contribution < -0.4 is 10.1 Å². The predicted octanol–water partition coefficient (Wildman–Crippen LogP) is 5.02. The summed E-state index contributed by atoms with van der Waals surface area (Å²) in [6.45, 7) is 2.72. The Morgan fingerprint density at radius 2 is 1.94 bits per heavy atom. The molecular weight excluding hydrogens is 429 g/mol. The zero-order valence-electron chi connectivity index (χ0n) is 19.5. The fraction of sp³-hybridized carbons (Fsp3) is 0.259. The van der Waals surface area contributed by atoms with Crippen LogP contribution in [0.25, 0.3) is 16.6 Å². The van der Waals surface area contributed by atoms with Crippen LogP contribution in [0, 0.1) is 5.82 Å². The molecule has 0 spiro atoms. The molecule has 2 aromatic heterocycles. The topological polar surface area (TPSA) is 55.2 Å². The number of anilines is 1. The normalized spacial score (nSPS) is 14.3. The second-order valence-electron chi connectivity index (χ2n) is 8.50.